The van der Waals surface area contributed by atoms with Crippen LogP contribution in [0.25, 0.3) is 0 Å². The molecule has 0 aliphatic carbocycles. The summed E-state index contributed by atoms with van der Waals surface area (Å²) in [6.07, 6.45) is 1.09. The van der Waals surface area contributed by atoms with E-state index in [9.17, 15) is 4.79 Å². The van der Waals surface area contributed by atoms with E-state index >= 15 is 0 Å². The van der Waals surface area contributed by atoms with E-state index in [0.29, 0.717) is 12.2 Å². The first kappa shape index (κ1) is 13.2. The van der Waals surface area contributed by atoms with Crippen molar-refractivity contribution < 1.29 is 9.53 Å². The molecule has 0 heterocycles. The molecule has 0 fully saturated rings. The fourth-order valence-corrected chi connectivity index (χ4v) is 1.79. The van der Waals surface area contributed by atoms with Crippen LogP contribution >= 0.6 is 0 Å². The molecule has 1 aromatic rings. The van der Waals surface area contributed by atoms with E-state index in [2.05, 4.69) is 6.07 Å². The van der Waals surface area contributed by atoms with E-state index in [-0.39, 0.29) is 12.4 Å². The lowest BCUT2D eigenvalue weighted by atomic mass is 9.96. The molecule has 3 heteroatoms. The van der Waals surface area contributed by atoms with Gasteiger partial charge < -0.3 is 4.74 Å². The number of esters is 1. The SMILES string of the molecule is CCOC(=O)Cc1cc(C)c(C#N)cc1CC. The molecule has 0 saturated heterocycles. The molecule has 0 N–H and O–H groups in total. The summed E-state index contributed by atoms with van der Waals surface area (Å²) in [6.45, 7) is 6.09. The van der Waals surface area contributed by atoms with Gasteiger partial charge in [-0.2, -0.15) is 5.26 Å². The van der Waals surface area contributed by atoms with Gasteiger partial charge in [-0.3, -0.25) is 4.79 Å². The van der Waals surface area contributed by atoms with Crippen LogP contribution in [0.3, 0.4) is 0 Å². The Balaban J connectivity index is 3.03. The molecular formula is C14H17NO2. The maximum Gasteiger partial charge on any atom is 0.310 e. The lowest BCUT2D eigenvalue weighted by Crippen LogP contribution is -2.09. The fraction of sp³-hybridized carbons (Fsp3) is 0.429. The van der Waals surface area contributed by atoms with Gasteiger partial charge in [-0.25, -0.2) is 0 Å². The Bertz CT molecular complexity index is 458. The number of nitrogens with zero attached hydrogens (tertiary/aromatic N) is 1. The Morgan fingerprint density at radius 3 is 2.59 bits per heavy atom. The lowest BCUT2D eigenvalue weighted by Gasteiger charge is -2.10. The first-order valence-electron chi connectivity index (χ1n) is 5.80. The summed E-state index contributed by atoms with van der Waals surface area (Å²) in [5.74, 6) is -0.216. The van der Waals surface area contributed by atoms with Gasteiger partial charge in [0.25, 0.3) is 0 Å². The van der Waals surface area contributed by atoms with Crippen LogP contribution in [0.1, 0.15) is 36.1 Å². The largest absolute Gasteiger partial charge is 0.466 e. The van der Waals surface area contributed by atoms with E-state index in [1.54, 1.807) is 6.92 Å². The molecule has 17 heavy (non-hydrogen) atoms. The number of aryl methyl sites for hydroxylation is 2. The van der Waals surface area contributed by atoms with Gasteiger partial charge in [-0.15, -0.1) is 0 Å². The van der Waals surface area contributed by atoms with Crippen LogP contribution in [0.2, 0.25) is 0 Å². The zero-order valence-electron chi connectivity index (χ0n) is 10.5. The molecule has 0 saturated carbocycles. The van der Waals surface area contributed by atoms with Crippen molar-refractivity contribution >= 4 is 5.97 Å². The van der Waals surface area contributed by atoms with Crippen molar-refractivity contribution in [1.29, 1.82) is 5.26 Å². The first-order chi connectivity index (χ1) is 8.12. The van der Waals surface area contributed by atoms with E-state index in [1.807, 2.05) is 26.0 Å². The van der Waals surface area contributed by atoms with E-state index in [1.165, 1.54) is 0 Å². The predicted molar refractivity (Wildman–Crippen MR) is 65.6 cm³/mol. The van der Waals surface area contributed by atoms with Crippen molar-refractivity contribution in [3.05, 3.63) is 34.4 Å². The first-order valence-corrected chi connectivity index (χ1v) is 5.80. The summed E-state index contributed by atoms with van der Waals surface area (Å²) in [4.78, 5) is 11.5. The summed E-state index contributed by atoms with van der Waals surface area (Å²) >= 11 is 0. The van der Waals surface area contributed by atoms with Gasteiger partial charge in [0.1, 0.15) is 0 Å². The van der Waals surface area contributed by atoms with Crippen molar-refractivity contribution in [1.82, 2.24) is 0 Å². The van der Waals surface area contributed by atoms with Gasteiger partial charge in [0.2, 0.25) is 0 Å². The summed E-state index contributed by atoms with van der Waals surface area (Å²) in [5.41, 5.74) is 3.58. The number of rotatable bonds is 4. The Hall–Kier alpha value is -1.82. The third-order valence-corrected chi connectivity index (χ3v) is 2.69. The second-order valence-corrected chi connectivity index (χ2v) is 3.88. The van der Waals surface area contributed by atoms with Gasteiger partial charge in [0.15, 0.2) is 0 Å². The molecule has 0 radical (unpaired) electrons. The molecule has 1 rings (SSSR count). The quantitative estimate of drug-likeness (QED) is 0.748. The van der Waals surface area contributed by atoms with Crippen LogP contribution in [0, 0.1) is 18.3 Å². The average molecular weight is 231 g/mol. The molecule has 3 nitrogen and oxygen atoms in total. The normalized spacial score (nSPS) is 9.76. The molecule has 0 unspecified atom stereocenters. The number of hydrogen-bond donors (Lipinski definition) is 0. The van der Waals surface area contributed by atoms with E-state index in [4.69, 9.17) is 10.00 Å². The Morgan fingerprint density at radius 2 is 2.06 bits per heavy atom. The molecule has 90 valence electrons. The monoisotopic (exact) mass is 231 g/mol. The molecule has 0 bridgehead atoms. The number of hydrogen-bond acceptors (Lipinski definition) is 3. The molecule has 0 aliphatic rings. The fourth-order valence-electron chi connectivity index (χ4n) is 1.79. The second kappa shape index (κ2) is 6.05. The van der Waals surface area contributed by atoms with Crippen LogP contribution in [-0.4, -0.2) is 12.6 Å². The molecule has 0 spiro atoms. The van der Waals surface area contributed by atoms with Gasteiger partial charge in [-0.1, -0.05) is 13.0 Å². The average Bonchev–Trinajstić information content (AvgIpc) is 2.29. The van der Waals surface area contributed by atoms with Crippen molar-refractivity contribution in [3.8, 4) is 6.07 Å². The summed E-state index contributed by atoms with van der Waals surface area (Å²) in [6, 6.07) is 5.94. The second-order valence-electron chi connectivity index (χ2n) is 3.88. The number of benzene rings is 1. The van der Waals surface area contributed by atoms with Crippen molar-refractivity contribution in [2.24, 2.45) is 0 Å². The molecule has 1 aromatic carbocycles. The summed E-state index contributed by atoms with van der Waals surface area (Å²) < 4.78 is 4.94. The van der Waals surface area contributed by atoms with Crippen LogP contribution in [0.5, 0.6) is 0 Å². The van der Waals surface area contributed by atoms with Gasteiger partial charge in [0.05, 0.1) is 24.7 Å². The van der Waals surface area contributed by atoms with Gasteiger partial charge in [-0.05, 0) is 43.0 Å². The molecule has 0 aliphatic heterocycles. The van der Waals surface area contributed by atoms with Gasteiger partial charge in [0, 0.05) is 0 Å². The highest BCUT2D eigenvalue weighted by Gasteiger charge is 2.10. The minimum absolute atomic E-state index is 0.216. The molecule has 0 atom stereocenters. The lowest BCUT2D eigenvalue weighted by molar-refractivity contribution is -0.142. The minimum Gasteiger partial charge on any atom is -0.466 e. The standard InChI is InChI=1S/C14H17NO2/c1-4-11-7-13(9-15)10(3)6-12(11)8-14(16)17-5-2/h6-7H,4-5,8H2,1-3H3. The zero-order valence-corrected chi connectivity index (χ0v) is 10.5. The van der Waals surface area contributed by atoms with Crippen LogP contribution < -0.4 is 0 Å². The highest BCUT2D eigenvalue weighted by Crippen LogP contribution is 2.18. The Labute approximate surface area is 102 Å². The molecular weight excluding hydrogens is 214 g/mol. The minimum atomic E-state index is -0.216. The number of carbonyl (C=O) groups excluding carboxylic acids is 1. The van der Waals surface area contributed by atoms with Crippen molar-refractivity contribution in [2.75, 3.05) is 6.61 Å². The third-order valence-electron chi connectivity index (χ3n) is 2.69. The topological polar surface area (TPSA) is 50.1 Å². The zero-order chi connectivity index (χ0) is 12.8. The van der Waals surface area contributed by atoms with Gasteiger partial charge >= 0.3 is 5.97 Å². The number of carbonyl (C=O) groups is 1. The number of ether oxygens (including phenoxy) is 1. The van der Waals surface area contributed by atoms with Crippen LogP contribution in [0.4, 0.5) is 0 Å². The van der Waals surface area contributed by atoms with Crippen LogP contribution in [-0.2, 0) is 22.4 Å². The maximum absolute atomic E-state index is 11.5. The molecule has 0 amide bonds. The Kier molecular flexibility index (Phi) is 4.71. The predicted octanol–water partition coefficient (Wildman–Crippen LogP) is 2.53. The van der Waals surface area contributed by atoms with E-state index in [0.717, 1.165) is 23.1 Å². The molecule has 0 aromatic heterocycles. The smallest absolute Gasteiger partial charge is 0.310 e. The summed E-state index contributed by atoms with van der Waals surface area (Å²) in [7, 11) is 0. The summed E-state index contributed by atoms with van der Waals surface area (Å²) in [5, 5.41) is 8.95. The third kappa shape index (κ3) is 3.32. The highest BCUT2D eigenvalue weighted by molar-refractivity contribution is 5.73. The van der Waals surface area contributed by atoms with E-state index < -0.39 is 0 Å². The number of nitriles is 1. The van der Waals surface area contributed by atoms with Crippen molar-refractivity contribution in [2.45, 2.75) is 33.6 Å². The maximum atomic E-state index is 11.5. The van der Waals surface area contributed by atoms with Crippen molar-refractivity contribution in [3.63, 3.8) is 0 Å². The highest BCUT2D eigenvalue weighted by atomic mass is 16.5. The van der Waals surface area contributed by atoms with Crippen LogP contribution in [0.15, 0.2) is 12.1 Å². The Morgan fingerprint density at radius 1 is 1.35 bits per heavy atom.